The molecule has 0 aliphatic heterocycles. The zero-order chi connectivity index (χ0) is 17.5. The molecule has 5 nitrogen and oxygen atoms in total. The number of thiophene rings is 1. The van der Waals surface area contributed by atoms with Crippen molar-refractivity contribution in [2.45, 2.75) is 26.2 Å². The fraction of sp³-hybridized carbons (Fsp3) is 0.333. The van der Waals surface area contributed by atoms with Gasteiger partial charge in [-0.3, -0.25) is 9.59 Å². The highest BCUT2D eigenvalue weighted by molar-refractivity contribution is 7.14. The van der Waals surface area contributed by atoms with E-state index in [0.29, 0.717) is 35.1 Å². The molecule has 1 heterocycles. The fourth-order valence-electron chi connectivity index (χ4n) is 2.18. The second-order valence-electron chi connectivity index (χ2n) is 5.79. The van der Waals surface area contributed by atoms with Crippen LogP contribution in [0.4, 0.5) is 5.00 Å². The van der Waals surface area contributed by atoms with Gasteiger partial charge in [0, 0.05) is 12.1 Å². The first-order valence-corrected chi connectivity index (χ1v) is 8.88. The van der Waals surface area contributed by atoms with Crippen molar-refractivity contribution in [3.8, 4) is 0 Å². The number of rotatable bonds is 7. The normalized spacial score (nSPS) is 10.7. The number of amides is 2. The summed E-state index contributed by atoms with van der Waals surface area (Å²) in [4.78, 5) is 24.5. The van der Waals surface area contributed by atoms with Crippen LogP contribution in [0.2, 0.25) is 0 Å². The first-order valence-electron chi connectivity index (χ1n) is 8.00. The number of benzene rings is 1. The maximum atomic E-state index is 12.4. The maximum Gasteiger partial charge on any atom is 0.256 e. The van der Waals surface area contributed by atoms with Gasteiger partial charge in [0.25, 0.3) is 11.8 Å². The summed E-state index contributed by atoms with van der Waals surface area (Å²) in [6, 6.07) is 9.22. The third-order valence-electron chi connectivity index (χ3n) is 3.64. The van der Waals surface area contributed by atoms with Gasteiger partial charge in [-0.05, 0) is 48.0 Å². The standard InChI is InChI=1S/C18H23N3O2S/c1-12(2)13-4-6-14(7-5-13)16(22)21-18-15(8-11-24-18)17(23)20-10-3-9-19/h4-8,11-12H,3,9-10,19H2,1-2H3,(H,20,23)(H,21,22). The lowest BCUT2D eigenvalue weighted by atomic mass is 10.0. The van der Waals surface area contributed by atoms with E-state index >= 15 is 0 Å². The average molecular weight is 345 g/mol. The molecule has 0 saturated carbocycles. The second-order valence-corrected chi connectivity index (χ2v) is 6.71. The van der Waals surface area contributed by atoms with Crippen LogP contribution in [-0.2, 0) is 0 Å². The van der Waals surface area contributed by atoms with Crippen molar-refractivity contribution >= 4 is 28.2 Å². The number of hydrogen-bond donors (Lipinski definition) is 3. The Morgan fingerprint density at radius 1 is 1.12 bits per heavy atom. The lowest BCUT2D eigenvalue weighted by molar-refractivity contribution is 0.0954. The van der Waals surface area contributed by atoms with Crippen molar-refractivity contribution in [2.75, 3.05) is 18.4 Å². The monoisotopic (exact) mass is 345 g/mol. The van der Waals surface area contributed by atoms with Gasteiger partial charge in [0.05, 0.1) is 5.56 Å². The lowest BCUT2D eigenvalue weighted by Gasteiger charge is -2.09. The third-order valence-corrected chi connectivity index (χ3v) is 4.47. The fourth-order valence-corrected chi connectivity index (χ4v) is 2.96. The van der Waals surface area contributed by atoms with Gasteiger partial charge in [0.1, 0.15) is 5.00 Å². The van der Waals surface area contributed by atoms with Crippen LogP contribution in [0.1, 0.15) is 52.5 Å². The molecule has 0 spiro atoms. The average Bonchev–Trinajstić information content (AvgIpc) is 3.03. The highest BCUT2D eigenvalue weighted by Crippen LogP contribution is 2.24. The van der Waals surface area contributed by atoms with E-state index in [4.69, 9.17) is 5.73 Å². The van der Waals surface area contributed by atoms with Crippen molar-refractivity contribution < 1.29 is 9.59 Å². The quantitative estimate of drug-likeness (QED) is 0.674. The van der Waals surface area contributed by atoms with Crippen LogP contribution in [-0.4, -0.2) is 24.9 Å². The van der Waals surface area contributed by atoms with Crippen molar-refractivity contribution in [1.82, 2.24) is 5.32 Å². The minimum absolute atomic E-state index is 0.199. The molecular formula is C18H23N3O2S. The molecule has 1 aromatic carbocycles. The predicted octanol–water partition coefficient (Wildman–Crippen LogP) is 3.20. The molecule has 2 aromatic rings. The molecule has 0 fully saturated rings. The highest BCUT2D eigenvalue weighted by Gasteiger charge is 2.15. The van der Waals surface area contributed by atoms with E-state index in [2.05, 4.69) is 24.5 Å². The van der Waals surface area contributed by atoms with Gasteiger partial charge in [-0.2, -0.15) is 0 Å². The van der Waals surface area contributed by atoms with Gasteiger partial charge in [0.15, 0.2) is 0 Å². The van der Waals surface area contributed by atoms with Gasteiger partial charge in [-0.1, -0.05) is 26.0 Å². The Morgan fingerprint density at radius 3 is 2.46 bits per heavy atom. The van der Waals surface area contributed by atoms with Crippen LogP contribution in [0.25, 0.3) is 0 Å². The molecule has 24 heavy (non-hydrogen) atoms. The Morgan fingerprint density at radius 2 is 1.83 bits per heavy atom. The van der Waals surface area contributed by atoms with E-state index < -0.39 is 0 Å². The van der Waals surface area contributed by atoms with E-state index in [1.54, 1.807) is 23.6 Å². The summed E-state index contributed by atoms with van der Waals surface area (Å²) < 4.78 is 0. The zero-order valence-corrected chi connectivity index (χ0v) is 14.8. The summed E-state index contributed by atoms with van der Waals surface area (Å²) in [7, 11) is 0. The molecule has 0 unspecified atom stereocenters. The van der Waals surface area contributed by atoms with Gasteiger partial charge in [-0.15, -0.1) is 11.3 Å². The molecule has 1 aromatic heterocycles. The van der Waals surface area contributed by atoms with Gasteiger partial charge in [0.2, 0.25) is 0 Å². The van der Waals surface area contributed by atoms with E-state index in [1.807, 2.05) is 12.1 Å². The van der Waals surface area contributed by atoms with E-state index in [1.165, 1.54) is 16.9 Å². The Bertz CT molecular complexity index is 693. The first kappa shape index (κ1) is 18.2. The molecule has 0 bridgehead atoms. The second kappa shape index (κ2) is 8.61. The van der Waals surface area contributed by atoms with Crippen LogP contribution >= 0.6 is 11.3 Å². The van der Waals surface area contributed by atoms with E-state index in [0.717, 1.165) is 6.42 Å². The SMILES string of the molecule is CC(C)c1ccc(C(=O)Nc2sccc2C(=O)NCCCN)cc1. The molecule has 0 aliphatic carbocycles. The minimum atomic E-state index is -0.219. The summed E-state index contributed by atoms with van der Waals surface area (Å²) in [5.41, 5.74) is 7.65. The van der Waals surface area contributed by atoms with Crippen LogP contribution < -0.4 is 16.4 Å². The molecule has 4 N–H and O–H groups in total. The zero-order valence-electron chi connectivity index (χ0n) is 14.0. The Hall–Kier alpha value is -2.18. The molecule has 0 atom stereocenters. The maximum absolute atomic E-state index is 12.4. The molecule has 0 saturated heterocycles. The van der Waals surface area contributed by atoms with Crippen molar-refractivity contribution in [3.05, 3.63) is 52.4 Å². The lowest BCUT2D eigenvalue weighted by Crippen LogP contribution is -2.26. The molecular weight excluding hydrogens is 322 g/mol. The molecule has 0 aliphatic rings. The number of hydrogen-bond acceptors (Lipinski definition) is 4. The summed E-state index contributed by atoms with van der Waals surface area (Å²) in [6.07, 6.45) is 0.722. The van der Waals surface area contributed by atoms with Crippen LogP contribution in [0.5, 0.6) is 0 Å². The minimum Gasteiger partial charge on any atom is -0.352 e. The third kappa shape index (κ3) is 4.66. The van der Waals surface area contributed by atoms with Gasteiger partial charge >= 0.3 is 0 Å². The Balaban J connectivity index is 2.04. The van der Waals surface area contributed by atoms with Crippen LogP contribution in [0.3, 0.4) is 0 Å². The number of carbonyl (C=O) groups is 2. The van der Waals surface area contributed by atoms with Crippen LogP contribution in [0, 0.1) is 0 Å². The van der Waals surface area contributed by atoms with Crippen molar-refractivity contribution in [2.24, 2.45) is 5.73 Å². The molecule has 2 rings (SSSR count). The van der Waals surface area contributed by atoms with E-state index in [9.17, 15) is 9.59 Å². The highest BCUT2D eigenvalue weighted by atomic mass is 32.1. The summed E-state index contributed by atoms with van der Waals surface area (Å²) in [5.74, 6) is 0.00199. The summed E-state index contributed by atoms with van der Waals surface area (Å²) >= 11 is 1.33. The number of anilines is 1. The first-order chi connectivity index (χ1) is 11.5. The molecule has 128 valence electrons. The van der Waals surface area contributed by atoms with Crippen LogP contribution in [0.15, 0.2) is 35.7 Å². The van der Waals surface area contributed by atoms with Crippen molar-refractivity contribution in [3.63, 3.8) is 0 Å². The smallest absolute Gasteiger partial charge is 0.256 e. The van der Waals surface area contributed by atoms with E-state index in [-0.39, 0.29) is 11.8 Å². The predicted molar refractivity (Wildman–Crippen MR) is 98.8 cm³/mol. The molecule has 0 radical (unpaired) electrons. The summed E-state index contributed by atoms with van der Waals surface area (Å²) in [6.45, 7) is 5.27. The largest absolute Gasteiger partial charge is 0.352 e. The summed E-state index contributed by atoms with van der Waals surface area (Å²) in [5, 5.41) is 7.96. The molecule has 6 heteroatoms. The number of nitrogens with one attached hydrogen (secondary N) is 2. The number of nitrogens with two attached hydrogens (primary N) is 1. The Labute approximate surface area is 146 Å². The van der Waals surface area contributed by atoms with Crippen molar-refractivity contribution in [1.29, 1.82) is 0 Å². The van der Waals surface area contributed by atoms with Gasteiger partial charge in [-0.25, -0.2) is 0 Å². The van der Waals surface area contributed by atoms with Gasteiger partial charge < -0.3 is 16.4 Å². The Kier molecular flexibility index (Phi) is 6.52. The number of carbonyl (C=O) groups excluding carboxylic acids is 2. The topological polar surface area (TPSA) is 84.2 Å². The molecule has 2 amide bonds.